The molecular formula is C19H14Cl2N2O2. The number of ether oxygens (including phenoxy) is 1. The lowest BCUT2D eigenvalue weighted by atomic mass is 10.0. The molecular weight excluding hydrogens is 359 g/mol. The number of methoxy groups -OCH3 is 1. The molecule has 0 fully saturated rings. The minimum Gasteiger partial charge on any atom is -0.496 e. The lowest BCUT2D eigenvalue weighted by Gasteiger charge is -2.07. The highest BCUT2D eigenvalue weighted by molar-refractivity contribution is 6.36. The number of carbonyl (C=O) groups is 1. The number of carbonyl (C=O) groups excluding carboxylic acids is 1. The first-order valence-corrected chi connectivity index (χ1v) is 8.20. The van der Waals surface area contributed by atoms with Gasteiger partial charge in [0.2, 0.25) is 0 Å². The minimum atomic E-state index is -0.407. The number of nitrogens with zero attached hydrogens (tertiary/aromatic N) is 1. The number of amides is 1. The second-order valence-electron chi connectivity index (χ2n) is 5.23. The van der Waals surface area contributed by atoms with Crippen LogP contribution in [0.25, 0.3) is 10.8 Å². The summed E-state index contributed by atoms with van der Waals surface area (Å²) in [6, 6.07) is 16.2. The Morgan fingerprint density at radius 1 is 1.08 bits per heavy atom. The van der Waals surface area contributed by atoms with Crippen LogP contribution in [0.5, 0.6) is 5.75 Å². The van der Waals surface area contributed by atoms with E-state index in [4.69, 9.17) is 27.9 Å². The van der Waals surface area contributed by atoms with Gasteiger partial charge in [-0.25, -0.2) is 5.43 Å². The number of hydrogen-bond donors (Lipinski definition) is 1. The van der Waals surface area contributed by atoms with Gasteiger partial charge in [-0.1, -0.05) is 47.5 Å². The van der Waals surface area contributed by atoms with E-state index in [0.29, 0.717) is 10.6 Å². The van der Waals surface area contributed by atoms with Crippen molar-refractivity contribution in [2.24, 2.45) is 5.10 Å². The Balaban J connectivity index is 1.83. The molecule has 0 aliphatic rings. The predicted molar refractivity (Wildman–Crippen MR) is 102 cm³/mol. The molecule has 0 spiro atoms. The van der Waals surface area contributed by atoms with Gasteiger partial charge >= 0.3 is 0 Å². The smallest absolute Gasteiger partial charge is 0.272 e. The van der Waals surface area contributed by atoms with Crippen LogP contribution in [0.4, 0.5) is 0 Å². The fraction of sp³-hybridized carbons (Fsp3) is 0.0526. The topological polar surface area (TPSA) is 50.7 Å². The van der Waals surface area contributed by atoms with Crippen LogP contribution in [0.1, 0.15) is 15.9 Å². The summed E-state index contributed by atoms with van der Waals surface area (Å²) in [6.45, 7) is 0. The van der Waals surface area contributed by atoms with E-state index < -0.39 is 5.91 Å². The van der Waals surface area contributed by atoms with Gasteiger partial charge < -0.3 is 4.74 Å². The number of halogens is 2. The molecule has 1 N–H and O–H groups in total. The van der Waals surface area contributed by atoms with Crippen molar-refractivity contribution in [3.63, 3.8) is 0 Å². The molecule has 3 rings (SSSR count). The summed E-state index contributed by atoms with van der Waals surface area (Å²) in [5.74, 6) is 0.375. The maximum atomic E-state index is 12.2. The molecule has 0 unspecified atom stereocenters. The summed E-state index contributed by atoms with van der Waals surface area (Å²) >= 11 is 11.9. The van der Waals surface area contributed by atoms with Gasteiger partial charge in [-0.2, -0.15) is 5.10 Å². The second-order valence-corrected chi connectivity index (χ2v) is 6.07. The Morgan fingerprint density at radius 2 is 1.84 bits per heavy atom. The number of benzene rings is 3. The van der Waals surface area contributed by atoms with Crippen molar-refractivity contribution in [1.82, 2.24) is 5.43 Å². The van der Waals surface area contributed by atoms with Gasteiger partial charge in [0.15, 0.2) is 0 Å². The van der Waals surface area contributed by atoms with Crippen LogP contribution in [0, 0.1) is 0 Å². The number of hydrazone groups is 1. The lowest BCUT2D eigenvalue weighted by Crippen LogP contribution is -2.18. The van der Waals surface area contributed by atoms with Crippen molar-refractivity contribution in [3.05, 3.63) is 75.8 Å². The number of hydrogen-bond acceptors (Lipinski definition) is 3. The SMILES string of the molecule is COc1ccc(/C=N/NC(=O)c2ccc(Cl)cc2Cl)c2ccccc12. The quantitative estimate of drug-likeness (QED) is 0.521. The number of nitrogens with one attached hydrogen (secondary N) is 1. The average molecular weight is 373 g/mol. The maximum Gasteiger partial charge on any atom is 0.272 e. The highest BCUT2D eigenvalue weighted by Gasteiger charge is 2.10. The molecule has 25 heavy (non-hydrogen) atoms. The fourth-order valence-electron chi connectivity index (χ4n) is 2.48. The molecule has 4 nitrogen and oxygen atoms in total. The molecule has 0 aliphatic heterocycles. The van der Waals surface area contributed by atoms with Crippen molar-refractivity contribution < 1.29 is 9.53 Å². The standard InChI is InChI=1S/C19H14Cl2N2O2/c1-25-18-9-6-12(14-4-2-3-5-15(14)18)11-22-23-19(24)16-8-7-13(20)10-17(16)21/h2-11H,1H3,(H,23,24)/b22-11+. The highest BCUT2D eigenvalue weighted by Crippen LogP contribution is 2.27. The highest BCUT2D eigenvalue weighted by atomic mass is 35.5. The van der Waals surface area contributed by atoms with Crippen molar-refractivity contribution in [1.29, 1.82) is 0 Å². The van der Waals surface area contributed by atoms with Crippen molar-refractivity contribution >= 4 is 46.1 Å². The third-order valence-corrected chi connectivity index (χ3v) is 4.23. The van der Waals surface area contributed by atoms with Crippen LogP contribution in [-0.2, 0) is 0 Å². The molecule has 3 aromatic rings. The van der Waals surface area contributed by atoms with Gasteiger partial charge in [0.25, 0.3) is 5.91 Å². The van der Waals surface area contributed by atoms with E-state index >= 15 is 0 Å². The first-order valence-electron chi connectivity index (χ1n) is 7.44. The third-order valence-electron chi connectivity index (χ3n) is 3.68. The molecule has 0 atom stereocenters. The van der Waals surface area contributed by atoms with E-state index in [2.05, 4.69) is 10.5 Å². The summed E-state index contributed by atoms with van der Waals surface area (Å²) < 4.78 is 5.37. The molecule has 0 aliphatic carbocycles. The van der Waals surface area contributed by atoms with Gasteiger partial charge in [-0.15, -0.1) is 0 Å². The Morgan fingerprint density at radius 3 is 2.56 bits per heavy atom. The maximum absolute atomic E-state index is 12.2. The van der Waals surface area contributed by atoms with Crippen LogP contribution >= 0.6 is 23.2 Å². The Kier molecular flexibility index (Phi) is 5.22. The molecule has 0 heterocycles. The Bertz CT molecular complexity index is 971. The third kappa shape index (κ3) is 3.76. The van der Waals surface area contributed by atoms with Crippen molar-refractivity contribution in [2.45, 2.75) is 0 Å². The van der Waals surface area contributed by atoms with E-state index in [1.54, 1.807) is 25.5 Å². The van der Waals surface area contributed by atoms with Crippen LogP contribution in [0.2, 0.25) is 10.0 Å². The first kappa shape index (κ1) is 17.3. The summed E-state index contributed by atoms with van der Waals surface area (Å²) in [5.41, 5.74) is 3.64. The normalized spacial score (nSPS) is 11.0. The number of rotatable bonds is 4. The van der Waals surface area contributed by atoms with Gasteiger partial charge in [-0.3, -0.25) is 4.79 Å². The van der Waals surface area contributed by atoms with Crippen LogP contribution in [0.3, 0.4) is 0 Å². The second kappa shape index (κ2) is 7.55. The van der Waals surface area contributed by atoms with Crippen LogP contribution in [-0.4, -0.2) is 19.2 Å². The van der Waals surface area contributed by atoms with E-state index in [1.165, 1.54) is 6.07 Å². The molecule has 126 valence electrons. The average Bonchev–Trinajstić information content (AvgIpc) is 2.61. The molecule has 1 amide bonds. The summed E-state index contributed by atoms with van der Waals surface area (Å²) in [4.78, 5) is 12.2. The molecule has 0 radical (unpaired) electrons. The van der Waals surface area contributed by atoms with Gasteiger partial charge in [0, 0.05) is 16.0 Å². The van der Waals surface area contributed by atoms with E-state index in [1.807, 2.05) is 36.4 Å². The van der Waals surface area contributed by atoms with Crippen molar-refractivity contribution in [3.8, 4) is 5.75 Å². The van der Waals surface area contributed by atoms with Gasteiger partial charge in [-0.05, 0) is 35.7 Å². The Labute approximate surface area is 155 Å². The summed E-state index contributed by atoms with van der Waals surface area (Å²) in [6.07, 6.45) is 1.59. The zero-order valence-electron chi connectivity index (χ0n) is 13.3. The van der Waals surface area contributed by atoms with Crippen LogP contribution in [0.15, 0.2) is 59.7 Å². The summed E-state index contributed by atoms with van der Waals surface area (Å²) in [5, 5.41) is 6.72. The first-order chi connectivity index (χ1) is 12.1. The lowest BCUT2D eigenvalue weighted by molar-refractivity contribution is 0.0955. The van der Waals surface area contributed by atoms with Crippen LogP contribution < -0.4 is 10.2 Å². The monoisotopic (exact) mass is 372 g/mol. The molecule has 0 aromatic heterocycles. The van der Waals surface area contributed by atoms with E-state index in [9.17, 15) is 4.79 Å². The minimum absolute atomic E-state index is 0.273. The fourth-order valence-corrected chi connectivity index (χ4v) is 2.97. The number of fused-ring (bicyclic) bond motifs is 1. The van der Waals surface area contributed by atoms with Gasteiger partial charge in [0.05, 0.1) is 23.9 Å². The molecule has 6 heteroatoms. The van der Waals surface area contributed by atoms with Gasteiger partial charge in [0.1, 0.15) is 5.75 Å². The summed E-state index contributed by atoms with van der Waals surface area (Å²) in [7, 11) is 1.63. The zero-order chi connectivity index (χ0) is 17.8. The molecule has 3 aromatic carbocycles. The van der Waals surface area contributed by atoms with E-state index in [-0.39, 0.29) is 5.02 Å². The predicted octanol–water partition coefficient (Wildman–Crippen LogP) is 4.92. The Hall–Kier alpha value is -2.56. The van der Waals surface area contributed by atoms with Crippen molar-refractivity contribution in [2.75, 3.05) is 7.11 Å². The largest absolute Gasteiger partial charge is 0.496 e. The zero-order valence-corrected chi connectivity index (χ0v) is 14.8. The molecule has 0 saturated carbocycles. The molecule has 0 saturated heterocycles. The molecule has 0 bridgehead atoms. The van der Waals surface area contributed by atoms with E-state index in [0.717, 1.165) is 22.1 Å².